The SMILES string of the molecule is Cc1[c-]ccc(C)c1NCN(Br)CCNc1c(C)cccc1C.[Co+][Br]. The molecular formula is C19H25Br2CoN3. The Labute approximate surface area is 175 Å². The van der Waals surface area contributed by atoms with Crippen LogP contribution >= 0.6 is 30.3 Å². The topological polar surface area (TPSA) is 27.3 Å². The van der Waals surface area contributed by atoms with E-state index < -0.39 is 0 Å². The summed E-state index contributed by atoms with van der Waals surface area (Å²) in [6.07, 6.45) is 0. The second kappa shape index (κ2) is 12.0. The van der Waals surface area contributed by atoms with Gasteiger partial charge in [0.2, 0.25) is 0 Å². The van der Waals surface area contributed by atoms with Gasteiger partial charge in [-0.1, -0.05) is 37.7 Å². The van der Waals surface area contributed by atoms with Crippen molar-refractivity contribution in [2.45, 2.75) is 27.7 Å². The van der Waals surface area contributed by atoms with Gasteiger partial charge in [-0.2, -0.15) is 18.2 Å². The van der Waals surface area contributed by atoms with Gasteiger partial charge in [0.1, 0.15) is 0 Å². The van der Waals surface area contributed by atoms with Gasteiger partial charge in [-0.25, -0.2) is 3.93 Å². The fourth-order valence-electron chi connectivity index (χ4n) is 2.65. The van der Waals surface area contributed by atoms with Crippen LogP contribution in [0.1, 0.15) is 22.3 Å². The molecule has 2 aromatic carbocycles. The number of para-hydroxylation sites is 1. The fourth-order valence-corrected chi connectivity index (χ4v) is 2.96. The molecule has 0 aliphatic rings. The van der Waals surface area contributed by atoms with Gasteiger partial charge in [0, 0.05) is 34.9 Å². The number of hydrogen-bond donors (Lipinski definition) is 2. The van der Waals surface area contributed by atoms with E-state index in [-0.39, 0.29) is 0 Å². The van der Waals surface area contributed by atoms with E-state index in [9.17, 15) is 0 Å². The zero-order valence-electron chi connectivity index (χ0n) is 15.0. The maximum absolute atomic E-state index is 3.62. The van der Waals surface area contributed by atoms with Crippen molar-refractivity contribution in [3.8, 4) is 0 Å². The Balaban J connectivity index is 0.00000151. The van der Waals surface area contributed by atoms with Gasteiger partial charge in [-0.3, -0.25) is 0 Å². The molecule has 0 bridgehead atoms. The molecule has 2 rings (SSSR count). The third-order valence-electron chi connectivity index (χ3n) is 3.97. The van der Waals surface area contributed by atoms with E-state index in [0.29, 0.717) is 0 Å². The van der Waals surface area contributed by atoms with Crippen LogP contribution in [0.5, 0.6) is 0 Å². The zero-order chi connectivity index (χ0) is 18.8. The molecule has 0 saturated heterocycles. The Morgan fingerprint density at radius 2 is 1.56 bits per heavy atom. The summed E-state index contributed by atoms with van der Waals surface area (Å²) in [5.74, 6) is 0. The van der Waals surface area contributed by atoms with Crippen molar-refractivity contribution in [3.63, 3.8) is 0 Å². The Kier molecular flexibility index (Phi) is 10.8. The number of rotatable bonds is 7. The van der Waals surface area contributed by atoms with Crippen LogP contribution in [0.3, 0.4) is 0 Å². The quantitative estimate of drug-likeness (QED) is 0.284. The molecule has 0 spiro atoms. The number of anilines is 2. The van der Waals surface area contributed by atoms with Crippen molar-refractivity contribution in [2.75, 3.05) is 30.4 Å². The van der Waals surface area contributed by atoms with Crippen LogP contribution in [0.2, 0.25) is 0 Å². The molecule has 0 fully saturated rings. The first-order valence-corrected chi connectivity index (χ1v) is 11.3. The van der Waals surface area contributed by atoms with Gasteiger partial charge in [-0.15, -0.1) is 11.1 Å². The number of halogens is 2. The summed E-state index contributed by atoms with van der Waals surface area (Å²) in [7, 11) is 0. The minimum atomic E-state index is 0.744. The molecule has 0 radical (unpaired) electrons. The molecule has 0 aromatic heterocycles. The fraction of sp³-hybridized carbons (Fsp3) is 0.368. The molecule has 25 heavy (non-hydrogen) atoms. The van der Waals surface area contributed by atoms with E-state index in [4.69, 9.17) is 0 Å². The third-order valence-corrected chi connectivity index (χ3v) is 4.57. The summed E-state index contributed by atoms with van der Waals surface area (Å²) in [6, 6.07) is 13.7. The predicted molar refractivity (Wildman–Crippen MR) is 112 cm³/mol. The van der Waals surface area contributed by atoms with Crippen molar-refractivity contribution in [1.82, 2.24) is 3.93 Å². The molecule has 139 valence electrons. The molecule has 3 nitrogen and oxygen atoms in total. The van der Waals surface area contributed by atoms with Crippen molar-refractivity contribution >= 4 is 41.7 Å². The number of aryl methyl sites for hydroxylation is 4. The Bertz CT molecular complexity index is 625. The number of hydrogen-bond acceptors (Lipinski definition) is 3. The minimum absolute atomic E-state index is 0.744. The van der Waals surface area contributed by atoms with Gasteiger partial charge in [0.05, 0.1) is 6.67 Å². The van der Waals surface area contributed by atoms with Gasteiger partial charge in [-0.05, 0) is 25.0 Å². The second-order valence-corrected chi connectivity index (χ2v) is 6.88. The van der Waals surface area contributed by atoms with Gasteiger partial charge >= 0.3 is 28.1 Å². The van der Waals surface area contributed by atoms with E-state index in [1.165, 1.54) is 28.1 Å². The Morgan fingerprint density at radius 3 is 2.16 bits per heavy atom. The predicted octanol–water partition coefficient (Wildman–Crippen LogP) is 5.66. The average molecular weight is 514 g/mol. The molecular weight excluding hydrogens is 489 g/mol. The summed E-state index contributed by atoms with van der Waals surface area (Å²) in [5.41, 5.74) is 7.38. The van der Waals surface area contributed by atoms with Crippen LogP contribution in [-0.2, 0) is 13.9 Å². The van der Waals surface area contributed by atoms with E-state index >= 15 is 0 Å². The summed E-state index contributed by atoms with van der Waals surface area (Å²) in [5, 5.41) is 7.00. The van der Waals surface area contributed by atoms with Gasteiger partial charge in [0.25, 0.3) is 0 Å². The van der Waals surface area contributed by atoms with Crippen LogP contribution in [-0.4, -0.2) is 23.7 Å². The second-order valence-electron chi connectivity index (χ2n) is 5.88. The Hall–Kier alpha value is -0.534. The summed E-state index contributed by atoms with van der Waals surface area (Å²) in [6.45, 7) is 11.0. The van der Waals surface area contributed by atoms with Gasteiger partial charge in [0.15, 0.2) is 0 Å². The molecule has 0 unspecified atom stereocenters. The molecule has 0 amide bonds. The van der Waals surface area contributed by atoms with Crippen molar-refractivity contribution < 1.29 is 13.9 Å². The Morgan fingerprint density at radius 1 is 0.960 bits per heavy atom. The van der Waals surface area contributed by atoms with Crippen LogP contribution in [0.25, 0.3) is 0 Å². The van der Waals surface area contributed by atoms with Crippen LogP contribution in [0.15, 0.2) is 30.3 Å². The van der Waals surface area contributed by atoms with E-state index in [1.54, 1.807) is 0 Å². The van der Waals surface area contributed by atoms with E-state index in [0.717, 1.165) is 25.3 Å². The van der Waals surface area contributed by atoms with Crippen LogP contribution in [0.4, 0.5) is 11.4 Å². The molecule has 2 N–H and O–H groups in total. The van der Waals surface area contributed by atoms with Crippen LogP contribution < -0.4 is 10.6 Å². The zero-order valence-corrected chi connectivity index (χ0v) is 19.3. The standard InChI is InChI=1S/C19H25BrN3.BrH.Co/c1-14-7-5-8-15(2)18(14)21-11-12-23(20)13-22-19-16(3)9-6-10-17(19)4;;/h5-9,21-22H,11-13H2,1-4H3;1H;/q-1;;+2/p-1. The van der Waals surface area contributed by atoms with Crippen LogP contribution in [0, 0.1) is 33.8 Å². The van der Waals surface area contributed by atoms with E-state index in [2.05, 4.69) is 117 Å². The molecule has 6 heteroatoms. The number of benzene rings is 2. The monoisotopic (exact) mass is 512 g/mol. The summed E-state index contributed by atoms with van der Waals surface area (Å²) < 4.78 is 2.10. The van der Waals surface area contributed by atoms with E-state index in [1.807, 2.05) is 6.07 Å². The average Bonchev–Trinajstić information content (AvgIpc) is 2.59. The molecule has 0 saturated carbocycles. The first kappa shape index (κ1) is 22.5. The maximum atomic E-state index is 3.62. The molecule has 2 aromatic rings. The first-order valence-electron chi connectivity index (χ1n) is 8.04. The first-order chi connectivity index (χ1) is 12.0. The van der Waals surface area contributed by atoms with Crippen molar-refractivity contribution in [2.24, 2.45) is 0 Å². The number of nitrogens with one attached hydrogen (secondary N) is 2. The van der Waals surface area contributed by atoms with Gasteiger partial charge < -0.3 is 10.6 Å². The summed E-state index contributed by atoms with van der Waals surface area (Å²) in [4.78, 5) is 0. The third kappa shape index (κ3) is 7.31. The molecule has 0 aliphatic carbocycles. The molecule has 0 heterocycles. The summed E-state index contributed by atoms with van der Waals surface area (Å²) >= 11 is 9.62. The molecule has 0 aliphatic heterocycles. The van der Waals surface area contributed by atoms with Crippen molar-refractivity contribution in [1.29, 1.82) is 0 Å². The van der Waals surface area contributed by atoms with Crippen molar-refractivity contribution in [3.05, 3.63) is 58.7 Å². The molecule has 0 atom stereocenters. The number of nitrogens with zero attached hydrogens (tertiary/aromatic N) is 1. The normalized spacial score (nSPS) is 10.2.